The zero-order chi connectivity index (χ0) is 21.3. The van der Waals surface area contributed by atoms with Gasteiger partial charge in [-0.05, 0) is 42.3 Å². The first-order valence-corrected chi connectivity index (χ1v) is 10.6. The summed E-state index contributed by atoms with van der Waals surface area (Å²) < 4.78 is 44.8. The summed E-state index contributed by atoms with van der Waals surface area (Å²) in [5.74, 6) is 0.231. The van der Waals surface area contributed by atoms with Crippen LogP contribution >= 0.6 is 0 Å². The van der Waals surface area contributed by atoms with Gasteiger partial charge in [-0.1, -0.05) is 24.3 Å². The Morgan fingerprint density at radius 1 is 1.07 bits per heavy atom. The molecule has 0 aliphatic carbocycles. The first kappa shape index (κ1) is 20.2. The Kier molecular flexibility index (Phi) is 7.27. The second-order valence-corrected chi connectivity index (χ2v) is 7.72. The van der Waals surface area contributed by atoms with E-state index >= 15 is 0 Å². The van der Waals surface area contributed by atoms with Gasteiger partial charge in [0.15, 0.2) is 6.10 Å². The third-order valence-corrected chi connectivity index (χ3v) is 4.30. The fraction of sp³-hybridized carbons (Fsp3) is 0.350. The maximum Gasteiger partial charge on any atom is 0.333 e. The minimum atomic E-state index is -3.53. The number of hydrogen-bond donors (Lipinski definition) is 1. The topological polar surface area (TPSA) is 99.1 Å². The van der Waals surface area contributed by atoms with E-state index in [1.54, 1.807) is 43.3 Å². The van der Waals surface area contributed by atoms with Gasteiger partial charge in [0.25, 0.3) is 1.43 Å². The van der Waals surface area contributed by atoms with E-state index in [1.807, 2.05) is 12.1 Å². The second-order valence-electron chi connectivity index (χ2n) is 6.14. The van der Waals surface area contributed by atoms with Gasteiger partial charge in [0.2, 0.25) is 0 Å². The molecular weight excluding hydrogens is 384 g/mol. The summed E-state index contributed by atoms with van der Waals surface area (Å²) in [5.41, 5.74) is 1.85. The van der Waals surface area contributed by atoms with Gasteiger partial charge in [-0.25, -0.2) is 4.79 Å². The molecule has 2 aromatic rings. The van der Waals surface area contributed by atoms with Crippen LogP contribution in [-0.2, 0) is 32.5 Å². The molecule has 8 heteroatoms. The van der Waals surface area contributed by atoms with Crippen LogP contribution in [0, 0.1) is 0 Å². The molecule has 0 saturated carbocycles. The van der Waals surface area contributed by atoms with Gasteiger partial charge in [0.1, 0.15) is 11.5 Å². The molecule has 7 nitrogen and oxygen atoms in total. The maximum absolute atomic E-state index is 11.5. The Labute approximate surface area is 166 Å². The summed E-state index contributed by atoms with van der Waals surface area (Å²) in [6.45, 7) is 2.56. The van der Waals surface area contributed by atoms with Crippen molar-refractivity contribution in [2.24, 2.45) is 0 Å². The van der Waals surface area contributed by atoms with Crippen molar-refractivity contribution in [3.05, 3.63) is 59.7 Å². The predicted octanol–water partition coefficient (Wildman–Crippen LogP) is 2.68. The molecule has 0 unspecified atom stereocenters. The quantitative estimate of drug-likeness (QED) is 0.570. The molecule has 1 atom stereocenters. The van der Waals surface area contributed by atoms with E-state index < -0.39 is 22.2 Å². The number of carboxylic acid groups (broad SMARTS) is 1. The molecule has 0 radical (unpaired) electrons. The van der Waals surface area contributed by atoms with E-state index in [1.165, 1.54) is 0 Å². The summed E-state index contributed by atoms with van der Waals surface area (Å²) in [6.07, 6.45) is 1.15. The fourth-order valence-corrected chi connectivity index (χ4v) is 2.98. The van der Waals surface area contributed by atoms with Gasteiger partial charge < -0.3 is 18.8 Å². The summed E-state index contributed by atoms with van der Waals surface area (Å²) in [7, 11) is -3.53. The van der Waals surface area contributed by atoms with Crippen LogP contribution in [0.4, 0.5) is 0 Å². The van der Waals surface area contributed by atoms with Crippen LogP contribution < -0.4 is 8.92 Å². The predicted molar refractivity (Wildman–Crippen MR) is 104 cm³/mol. The monoisotopic (exact) mass is 409 g/mol. The Balaban J connectivity index is 1.83. The van der Waals surface area contributed by atoms with Crippen LogP contribution in [0.3, 0.4) is 0 Å². The van der Waals surface area contributed by atoms with Gasteiger partial charge in [-0.15, -0.1) is 0 Å². The van der Waals surface area contributed by atoms with Crippen LogP contribution in [-0.4, -0.2) is 45.1 Å². The van der Waals surface area contributed by atoms with Crippen LogP contribution in [0.5, 0.6) is 11.5 Å². The summed E-state index contributed by atoms with van der Waals surface area (Å²) in [5, 5.41) is 4.01. The van der Waals surface area contributed by atoms with E-state index in [9.17, 15) is 13.2 Å². The van der Waals surface area contributed by atoms with Crippen LogP contribution in [0.25, 0.3) is 1.43 Å². The number of aliphatic carboxylic acids is 1. The Hall–Kier alpha value is -2.58. The first-order valence-electron chi connectivity index (χ1n) is 9.20. The lowest BCUT2D eigenvalue weighted by Crippen LogP contribution is -2.26. The lowest BCUT2D eigenvalue weighted by Gasteiger charge is -2.13. The summed E-state index contributed by atoms with van der Waals surface area (Å²) >= 11 is 0. The third kappa shape index (κ3) is 7.58. The summed E-state index contributed by atoms with van der Waals surface area (Å²) in [6, 6.07) is 14.0. The molecule has 1 N–H and O–H groups in total. The lowest BCUT2D eigenvalue weighted by atomic mass is 10.1. The molecule has 0 aliphatic heterocycles. The van der Waals surface area contributed by atoms with Crippen LogP contribution in [0.2, 0.25) is 0 Å². The van der Waals surface area contributed by atoms with E-state index in [2.05, 4.69) is 5.11 Å². The molecular formula is C20H24O7S. The molecule has 0 bridgehead atoms. The van der Waals surface area contributed by atoms with Crippen molar-refractivity contribution in [2.45, 2.75) is 25.9 Å². The SMILES string of the molecule is [2H]OC(=O)[C@H](Cc1ccc(OCCc2ccc(OS(C)(=O)=O)cc2)cc1)OCC. The molecule has 0 heterocycles. The molecule has 0 fully saturated rings. The summed E-state index contributed by atoms with van der Waals surface area (Å²) in [4.78, 5) is 11.5. The Bertz CT molecular complexity index is 880. The highest BCUT2D eigenvalue weighted by atomic mass is 32.2. The molecule has 0 aliphatic rings. The zero-order valence-corrected chi connectivity index (χ0v) is 16.6. The average Bonchev–Trinajstić information content (AvgIpc) is 2.68. The number of carboxylic acids is 1. The second kappa shape index (κ2) is 10.1. The molecule has 152 valence electrons. The average molecular weight is 409 g/mol. The van der Waals surface area contributed by atoms with Crippen molar-refractivity contribution in [1.82, 2.24) is 0 Å². The molecule has 28 heavy (non-hydrogen) atoms. The highest BCUT2D eigenvalue weighted by molar-refractivity contribution is 7.86. The Morgan fingerprint density at radius 2 is 1.68 bits per heavy atom. The highest BCUT2D eigenvalue weighted by Gasteiger charge is 2.17. The smallest absolute Gasteiger partial charge is 0.333 e. The number of rotatable bonds is 11. The van der Waals surface area contributed by atoms with Gasteiger partial charge in [0, 0.05) is 19.4 Å². The minimum Gasteiger partial charge on any atom is -0.493 e. The molecule has 2 rings (SSSR count). The molecule has 2 aromatic carbocycles. The molecule has 0 aromatic heterocycles. The normalized spacial score (nSPS) is 12.7. The van der Waals surface area contributed by atoms with Crippen molar-refractivity contribution in [1.29, 1.82) is 1.43 Å². The van der Waals surface area contributed by atoms with E-state index in [-0.39, 0.29) is 5.75 Å². The number of ether oxygens (including phenoxy) is 2. The molecule has 0 saturated heterocycles. The van der Waals surface area contributed by atoms with Gasteiger partial charge in [-0.3, -0.25) is 0 Å². The van der Waals surface area contributed by atoms with Crippen LogP contribution in [0.1, 0.15) is 18.1 Å². The highest BCUT2D eigenvalue weighted by Crippen LogP contribution is 2.17. The maximum atomic E-state index is 11.5. The van der Waals surface area contributed by atoms with Gasteiger partial charge in [0.05, 0.1) is 12.9 Å². The van der Waals surface area contributed by atoms with Crippen molar-refractivity contribution in [3.63, 3.8) is 0 Å². The van der Waals surface area contributed by atoms with Crippen molar-refractivity contribution >= 4 is 16.1 Å². The molecule has 0 amide bonds. The Morgan fingerprint density at radius 3 is 2.25 bits per heavy atom. The largest absolute Gasteiger partial charge is 0.493 e. The fourth-order valence-electron chi connectivity index (χ4n) is 2.52. The third-order valence-electron chi connectivity index (χ3n) is 3.81. The van der Waals surface area contributed by atoms with E-state index in [4.69, 9.17) is 15.1 Å². The van der Waals surface area contributed by atoms with Crippen molar-refractivity contribution < 1.29 is 32.0 Å². The number of carbonyl (C=O) groups is 1. The van der Waals surface area contributed by atoms with Gasteiger partial charge >= 0.3 is 16.1 Å². The first-order chi connectivity index (χ1) is 13.8. The number of hydrogen-bond acceptors (Lipinski definition) is 7. The van der Waals surface area contributed by atoms with E-state index in [0.717, 1.165) is 17.4 Å². The molecule has 0 spiro atoms. The van der Waals surface area contributed by atoms with Crippen molar-refractivity contribution in [3.8, 4) is 11.5 Å². The minimum absolute atomic E-state index is 0.271. The number of benzene rings is 2. The standard InChI is InChI=1S/C20H24O7S/c1-3-25-19(20(21)22)14-16-6-8-17(9-7-16)26-13-12-15-4-10-18(11-5-15)27-28(2,23)24/h4-11,19H,3,12-14H2,1-2H3,(H,21,22)/t19-/m0/s1/i/hD. The van der Waals surface area contributed by atoms with Crippen molar-refractivity contribution in [2.75, 3.05) is 19.5 Å². The van der Waals surface area contributed by atoms with E-state index in [0.29, 0.717) is 31.8 Å². The van der Waals surface area contributed by atoms with Gasteiger partial charge in [-0.2, -0.15) is 8.42 Å². The lowest BCUT2D eigenvalue weighted by molar-refractivity contribution is -0.149. The zero-order valence-electron chi connectivity index (χ0n) is 16.8. The van der Waals surface area contributed by atoms with Crippen LogP contribution in [0.15, 0.2) is 48.5 Å².